The van der Waals surface area contributed by atoms with E-state index in [9.17, 15) is 0 Å². The van der Waals surface area contributed by atoms with Crippen LogP contribution in [0.5, 0.6) is 0 Å². The van der Waals surface area contributed by atoms with Crippen LogP contribution in [0.15, 0.2) is 193 Å². The first kappa shape index (κ1) is 37.3. The van der Waals surface area contributed by atoms with Crippen LogP contribution in [-0.2, 0) is 12.0 Å². The molecule has 0 aromatic heterocycles. The number of hydrogen-bond acceptors (Lipinski definition) is 2. The van der Waals surface area contributed by atoms with Crippen LogP contribution < -0.4 is 5.32 Å². The topological polar surface area (TPSA) is 36.8 Å². The van der Waals surface area contributed by atoms with Crippen LogP contribution in [0, 0.1) is 6.92 Å². The Hall–Kier alpha value is -6.68. The molecule has 1 N–H and O–H groups in total. The Kier molecular flexibility index (Phi) is 10.6. The largest absolute Gasteiger partial charge is 0.288 e. The van der Waals surface area contributed by atoms with Crippen LogP contribution in [0.25, 0.3) is 50.6 Å². The molecule has 3 nitrogen and oxygen atoms in total. The summed E-state index contributed by atoms with van der Waals surface area (Å²) in [5.74, 6) is 0.576. The number of amidine groups is 1. The highest BCUT2D eigenvalue weighted by Gasteiger charge is 2.35. The van der Waals surface area contributed by atoms with Crippen molar-refractivity contribution in [2.75, 3.05) is 0 Å². The molecule has 1 aliphatic carbocycles. The summed E-state index contributed by atoms with van der Waals surface area (Å²) in [6.07, 6.45) is 5.55. The van der Waals surface area contributed by atoms with E-state index in [4.69, 9.17) is 4.99 Å². The Morgan fingerprint density at radius 3 is 2.04 bits per heavy atom. The van der Waals surface area contributed by atoms with Gasteiger partial charge in [-0.05, 0) is 116 Å². The lowest BCUT2D eigenvalue weighted by atomic mass is 9.82. The smallest absolute Gasteiger partial charge is 0.155 e. The van der Waals surface area contributed by atoms with E-state index in [0.717, 1.165) is 38.9 Å². The number of fused-ring (bicyclic) bond motifs is 3. The van der Waals surface area contributed by atoms with Gasteiger partial charge in [-0.15, -0.1) is 0 Å². The summed E-state index contributed by atoms with van der Waals surface area (Å²) in [6.45, 7) is 15.4. The molecular weight excluding hydrogens is 691 g/mol. The summed E-state index contributed by atoms with van der Waals surface area (Å²) in [5.41, 5.74) is 17.6. The molecule has 0 spiro atoms. The third-order valence-electron chi connectivity index (χ3n) is 11.3. The van der Waals surface area contributed by atoms with Gasteiger partial charge in [-0.25, -0.2) is 9.98 Å². The van der Waals surface area contributed by atoms with E-state index < -0.39 is 0 Å². The zero-order valence-corrected chi connectivity index (χ0v) is 32.9. The number of nitrogens with one attached hydrogen (secondary N) is 1. The lowest BCUT2D eigenvalue weighted by Gasteiger charge is -2.21. The van der Waals surface area contributed by atoms with E-state index in [0.29, 0.717) is 12.4 Å². The summed E-state index contributed by atoms with van der Waals surface area (Å²) in [6, 6.07) is 58.5. The van der Waals surface area contributed by atoms with Gasteiger partial charge in [0.25, 0.3) is 0 Å². The fraction of sp³-hybridized carbons (Fsp3) is 0.111. The van der Waals surface area contributed by atoms with Crippen molar-refractivity contribution in [2.45, 2.75) is 38.9 Å². The van der Waals surface area contributed by atoms with Crippen LogP contribution in [0.4, 0.5) is 0 Å². The molecule has 1 unspecified atom stereocenters. The first-order valence-corrected chi connectivity index (χ1v) is 19.6. The molecule has 0 saturated carbocycles. The Morgan fingerprint density at radius 1 is 0.632 bits per heavy atom. The van der Waals surface area contributed by atoms with Gasteiger partial charge < -0.3 is 0 Å². The van der Waals surface area contributed by atoms with Gasteiger partial charge in [-0.3, -0.25) is 5.32 Å². The van der Waals surface area contributed by atoms with Crippen LogP contribution in [0.3, 0.4) is 0 Å². The minimum absolute atomic E-state index is 0.0655. The predicted octanol–water partition coefficient (Wildman–Crippen LogP) is 13.4. The molecule has 0 heterocycles. The minimum Gasteiger partial charge on any atom is -0.288 e. The number of rotatable bonds is 11. The predicted molar refractivity (Wildman–Crippen MR) is 243 cm³/mol. The normalized spacial score (nSPS) is 13.6. The Morgan fingerprint density at radius 2 is 1.28 bits per heavy atom. The first-order chi connectivity index (χ1) is 27.8. The van der Waals surface area contributed by atoms with Crippen molar-refractivity contribution in [1.29, 1.82) is 0 Å². The van der Waals surface area contributed by atoms with Gasteiger partial charge in [-0.1, -0.05) is 178 Å². The third-order valence-corrected chi connectivity index (χ3v) is 11.3. The molecule has 7 aromatic rings. The Labute approximate surface area is 337 Å². The van der Waals surface area contributed by atoms with E-state index in [1.54, 1.807) is 0 Å². The average Bonchev–Trinajstić information content (AvgIpc) is 3.49. The zero-order chi connectivity index (χ0) is 39.4. The maximum Gasteiger partial charge on any atom is 0.155 e. The SMILES string of the molecule is C=C/C=C\c1cccc(-c2cc(/C(N=C)=N/C(NCc3ccc(-c4ccccc4)cc3)c3ccccc3)cc(-c3ccc4c(c3)-c3ccccc3C4(C)C)c2)c1C. The van der Waals surface area contributed by atoms with Gasteiger partial charge >= 0.3 is 0 Å². The lowest BCUT2D eigenvalue weighted by molar-refractivity contribution is 0.554. The maximum atomic E-state index is 5.33. The van der Waals surface area contributed by atoms with E-state index in [2.05, 4.69) is 202 Å². The molecule has 0 amide bonds. The zero-order valence-electron chi connectivity index (χ0n) is 32.9. The van der Waals surface area contributed by atoms with Gasteiger partial charge in [0.2, 0.25) is 0 Å². The molecule has 0 bridgehead atoms. The number of allylic oxidation sites excluding steroid dienone is 2. The van der Waals surface area contributed by atoms with Crippen molar-refractivity contribution in [3.63, 3.8) is 0 Å². The standard InChI is InChI=1S/C54H47N3/c1-6-7-17-39-22-16-24-47(37(39)2)45-32-44(43-30-31-51-49(35-43)48-23-14-15-25-50(48)54(51,3)4)33-46(34-45)52(55-5)57-53(42-20-12-9-13-21-42)56-36-38-26-28-41(29-27-38)40-18-10-8-11-19-40/h6-35,53,56H,1,5,36H2,2-4H3/b17-7-,57-52-. The highest BCUT2D eigenvalue weighted by Crippen LogP contribution is 2.49. The average molecular weight is 738 g/mol. The van der Waals surface area contributed by atoms with Crippen LogP contribution in [0.2, 0.25) is 0 Å². The van der Waals surface area contributed by atoms with Crippen molar-refractivity contribution in [1.82, 2.24) is 5.32 Å². The Bertz CT molecular complexity index is 2630. The van der Waals surface area contributed by atoms with Gasteiger partial charge in [-0.2, -0.15) is 0 Å². The fourth-order valence-electron chi connectivity index (χ4n) is 8.16. The minimum atomic E-state index is -0.361. The number of benzene rings is 7. The van der Waals surface area contributed by atoms with E-state index in [-0.39, 0.29) is 11.6 Å². The van der Waals surface area contributed by atoms with Crippen LogP contribution in [-0.4, -0.2) is 12.6 Å². The molecule has 278 valence electrons. The lowest BCUT2D eigenvalue weighted by Crippen LogP contribution is -2.21. The molecule has 0 fully saturated rings. The van der Waals surface area contributed by atoms with E-state index in [1.807, 2.05) is 24.3 Å². The first-order valence-electron chi connectivity index (χ1n) is 19.6. The number of aliphatic imine (C=N–C) groups is 2. The van der Waals surface area contributed by atoms with Crippen molar-refractivity contribution in [3.8, 4) is 44.5 Å². The summed E-state index contributed by atoms with van der Waals surface area (Å²) < 4.78 is 0. The van der Waals surface area contributed by atoms with E-state index >= 15 is 0 Å². The second-order valence-electron chi connectivity index (χ2n) is 15.2. The van der Waals surface area contributed by atoms with Crippen molar-refractivity contribution in [3.05, 3.63) is 221 Å². The number of hydrogen-bond donors (Lipinski definition) is 1. The fourth-order valence-corrected chi connectivity index (χ4v) is 8.16. The van der Waals surface area contributed by atoms with Crippen LogP contribution in [0.1, 0.15) is 59.0 Å². The molecular formula is C54H47N3. The number of nitrogens with zero attached hydrogens (tertiary/aromatic N) is 2. The molecule has 1 atom stereocenters. The highest BCUT2D eigenvalue weighted by molar-refractivity contribution is 6.04. The second-order valence-corrected chi connectivity index (χ2v) is 15.2. The molecule has 7 aromatic carbocycles. The molecule has 8 rings (SSSR count). The molecule has 3 heteroatoms. The third kappa shape index (κ3) is 7.63. The second kappa shape index (κ2) is 16.2. The van der Waals surface area contributed by atoms with Gasteiger partial charge in [0, 0.05) is 17.5 Å². The summed E-state index contributed by atoms with van der Waals surface area (Å²) in [5, 5.41) is 3.73. The van der Waals surface area contributed by atoms with Gasteiger partial charge in [0.05, 0.1) is 0 Å². The molecule has 0 aliphatic heterocycles. The molecule has 0 saturated heterocycles. The summed E-state index contributed by atoms with van der Waals surface area (Å²) in [4.78, 5) is 9.94. The van der Waals surface area contributed by atoms with Crippen molar-refractivity contribution < 1.29 is 0 Å². The molecule has 57 heavy (non-hydrogen) atoms. The van der Waals surface area contributed by atoms with Crippen molar-refractivity contribution in [2.24, 2.45) is 9.98 Å². The highest BCUT2D eigenvalue weighted by atomic mass is 15.1. The molecule has 1 aliphatic rings. The van der Waals surface area contributed by atoms with Gasteiger partial charge in [0.1, 0.15) is 6.17 Å². The maximum absolute atomic E-state index is 5.33. The van der Waals surface area contributed by atoms with Crippen molar-refractivity contribution >= 4 is 18.6 Å². The van der Waals surface area contributed by atoms with Gasteiger partial charge in [0.15, 0.2) is 5.84 Å². The van der Waals surface area contributed by atoms with Crippen LogP contribution >= 0.6 is 0 Å². The monoisotopic (exact) mass is 737 g/mol. The molecule has 0 radical (unpaired) electrons. The Balaban J connectivity index is 1.22. The summed E-state index contributed by atoms with van der Waals surface area (Å²) >= 11 is 0. The quantitative estimate of drug-likeness (QED) is 0.0801. The summed E-state index contributed by atoms with van der Waals surface area (Å²) in [7, 11) is 0. The van der Waals surface area contributed by atoms with E-state index in [1.165, 1.54) is 44.5 Å².